The van der Waals surface area contributed by atoms with Crippen molar-refractivity contribution < 1.29 is 9.90 Å². The third kappa shape index (κ3) is 3.95. The number of thiophene rings is 1. The first-order chi connectivity index (χ1) is 12.9. The van der Waals surface area contributed by atoms with Gasteiger partial charge in [-0.3, -0.25) is 14.2 Å². The van der Waals surface area contributed by atoms with Crippen molar-refractivity contribution in [3.05, 3.63) is 50.9 Å². The standard InChI is InChI=1S/C21H24N2O3S/c1-4-6-17-22-20-19(21(26)23(17)10-5-7-18(24)25)16(12-27-20)15-9-8-13(2)14(3)11-15/h8-9,11-12H,4-7,10H2,1-3H3,(H,24,25). The number of nitrogens with zero attached hydrogens (tertiary/aromatic N) is 2. The van der Waals surface area contributed by atoms with Crippen molar-refractivity contribution in [1.29, 1.82) is 0 Å². The molecule has 0 atom stereocenters. The quantitative estimate of drug-likeness (QED) is 0.648. The molecule has 0 aliphatic rings. The smallest absolute Gasteiger partial charge is 0.303 e. The highest BCUT2D eigenvalue weighted by Gasteiger charge is 2.17. The van der Waals surface area contributed by atoms with E-state index >= 15 is 0 Å². The Morgan fingerprint density at radius 1 is 1.26 bits per heavy atom. The number of aryl methyl sites for hydroxylation is 3. The minimum absolute atomic E-state index is 0.0453. The Balaban J connectivity index is 2.14. The Morgan fingerprint density at radius 2 is 2.04 bits per heavy atom. The molecule has 0 radical (unpaired) electrons. The molecule has 0 spiro atoms. The minimum Gasteiger partial charge on any atom is -0.481 e. The van der Waals surface area contributed by atoms with Gasteiger partial charge in [0.15, 0.2) is 0 Å². The van der Waals surface area contributed by atoms with Crippen LogP contribution in [0.25, 0.3) is 21.3 Å². The summed E-state index contributed by atoms with van der Waals surface area (Å²) >= 11 is 1.49. The van der Waals surface area contributed by atoms with E-state index in [2.05, 4.69) is 26.0 Å². The van der Waals surface area contributed by atoms with E-state index in [1.807, 2.05) is 18.4 Å². The number of carboxylic acids is 1. The van der Waals surface area contributed by atoms with Crippen molar-refractivity contribution in [2.75, 3.05) is 0 Å². The van der Waals surface area contributed by atoms with E-state index in [1.54, 1.807) is 4.57 Å². The molecule has 142 valence electrons. The lowest BCUT2D eigenvalue weighted by molar-refractivity contribution is -0.137. The average Bonchev–Trinajstić information content (AvgIpc) is 3.04. The zero-order valence-corrected chi connectivity index (χ0v) is 16.7. The third-order valence-corrected chi connectivity index (χ3v) is 5.71. The number of carbonyl (C=O) groups is 1. The lowest BCUT2D eigenvalue weighted by atomic mass is 10.0. The van der Waals surface area contributed by atoms with E-state index in [9.17, 15) is 9.59 Å². The summed E-state index contributed by atoms with van der Waals surface area (Å²) in [5.74, 6) is -0.102. The Kier molecular flexibility index (Phi) is 5.75. The first kappa shape index (κ1) is 19.3. The summed E-state index contributed by atoms with van der Waals surface area (Å²) in [6.07, 6.45) is 2.05. The fraction of sp³-hybridized carbons (Fsp3) is 0.381. The maximum Gasteiger partial charge on any atom is 0.303 e. The Morgan fingerprint density at radius 3 is 2.70 bits per heavy atom. The molecule has 0 aliphatic heterocycles. The maximum atomic E-state index is 13.3. The van der Waals surface area contributed by atoms with Crippen LogP contribution in [0.4, 0.5) is 0 Å². The van der Waals surface area contributed by atoms with Gasteiger partial charge in [-0.25, -0.2) is 4.98 Å². The van der Waals surface area contributed by atoms with Gasteiger partial charge in [-0.15, -0.1) is 11.3 Å². The topological polar surface area (TPSA) is 72.2 Å². The van der Waals surface area contributed by atoms with Gasteiger partial charge in [-0.1, -0.05) is 25.1 Å². The van der Waals surface area contributed by atoms with Crippen LogP contribution >= 0.6 is 11.3 Å². The Bertz CT molecular complexity index is 1050. The van der Waals surface area contributed by atoms with Crippen molar-refractivity contribution in [1.82, 2.24) is 9.55 Å². The summed E-state index contributed by atoms with van der Waals surface area (Å²) in [6.45, 7) is 6.56. The second-order valence-corrected chi connectivity index (χ2v) is 7.72. The van der Waals surface area contributed by atoms with E-state index in [1.165, 1.54) is 22.5 Å². The molecule has 1 aromatic carbocycles. The van der Waals surface area contributed by atoms with Gasteiger partial charge in [-0.05, 0) is 43.4 Å². The van der Waals surface area contributed by atoms with Crippen LogP contribution in [0.3, 0.4) is 0 Å². The Labute approximate surface area is 162 Å². The van der Waals surface area contributed by atoms with E-state index in [0.717, 1.165) is 28.2 Å². The number of hydrogen-bond acceptors (Lipinski definition) is 4. The zero-order valence-electron chi connectivity index (χ0n) is 15.9. The molecular formula is C21H24N2O3S. The summed E-state index contributed by atoms with van der Waals surface area (Å²) < 4.78 is 1.67. The lowest BCUT2D eigenvalue weighted by Crippen LogP contribution is -2.25. The molecule has 27 heavy (non-hydrogen) atoms. The lowest BCUT2D eigenvalue weighted by Gasteiger charge is -2.12. The predicted molar refractivity (Wildman–Crippen MR) is 110 cm³/mol. The summed E-state index contributed by atoms with van der Waals surface area (Å²) in [5, 5.41) is 11.5. The van der Waals surface area contributed by atoms with Gasteiger partial charge in [0.05, 0.1) is 5.39 Å². The summed E-state index contributed by atoms with van der Waals surface area (Å²) in [7, 11) is 0. The van der Waals surface area contributed by atoms with Crippen LogP contribution in [0, 0.1) is 13.8 Å². The molecule has 1 N–H and O–H groups in total. The molecule has 3 rings (SSSR count). The number of fused-ring (bicyclic) bond motifs is 1. The molecule has 2 heterocycles. The van der Waals surface area contributed by atoms with Gasteiger partial charge in [0.1, 0.15) is 10.7 Å². The molecule has 3 aromatic rings. The van der Waals surface area contributed by atoms with Crippen LogP contribution < -0.4 is 5.56 Å². The van der Waals surface area contributed by atoms with Crippen LogP contribution in [-0.4, -0.2) is 20.6 Å². The SMILES string of the molecule is CCCc1nc2scc(-c3ccc(C)c(C)c3)c2c(=O)n1CCCC(=O)O. The molecular weight excluding hydrogens is 360 g/mol. The average molecular weight is 385 g/mol. The van der Waals surface area contributed by atoms with Gasteiger partial charge >= 0.3 is 5.97 Å². The maximum absolute atomic E-state index is 13.3. The van der Waals surface area contributed by atoms with Crippen molar-refractivity contribution in [2.24, 2.45) is 0 Å². The molecule has 0 fully saturated rings. The normalized spacial score (nSPS) is 11.2. The minimum atomic E-state index is -0.847. The summed E-state index contributed by atoms with van der Waals surface area (Å²) in [6, 6.07) is 6.21. The van der Waals surface area contributed by atoms with Crippen molar-refractivity contribution in [3.8, 4) is 11.1 Å². The Hall–Kier alpha value is -2.47. The molecule has 0 unspecified atom stereocenters. The first-order valence-electron chi connectivity index (χ1n) is 9.22. The monoisotopic (exact) mass is 384 g/mol. The molecule has 2 aromatic heterocycles. The largest absolute Gasteiger partial charge is 0.481 e. The fourth-order valence-corrected chi connectivity index (χ4v) is 4.18. The molecule has 0 amide bonds. The number of aliphatic carboxylic acids is 1. The highest BCUT2D eigenvalue weighted by Crippen LogP contribution is 2.32. The third-order valence-electron chi connectivity index (χ3n) is 4.84. The van der Waals surface area contributed by atoms with Crippen LogP contribution in [-0.2, 0) is 17.8 Å². The summed E-state index contributed by atoms with van der Waals surface area (Å²) in [4.78, 5) is 29.6. The van der Waals surface area contributed by atoms with E-state index < -0.39 is 5.97 Å². The van der Waals surface area contributed by atoms with Crippen LogP contribution in [0.2, 0.25) is 0 Å². The van der Waals surface area contributed by atoms with E-state index in [0.29, 0.717) is 24.8 Å². The van der Waals surface area contributed by atoms with Crippen molar-refractivity contribution in [3.63, 3.8) is 0 Å². The molecule has 0 aliphatic carbocycles. The number of carboxylic acid groups (broad SMARTS) is 1. The van der Waals surface area contributed by atoms with Crippen molar-refractivity contribution >= 4 is 27.5 Å². The number of aromatic nitrogens is 2. The van der Waals surface area contributed by atoms with Crippen LogP contribution in [0.1, 0.15) is 43.1 Å². The molecule has 5 nitrogen and oxygen atoms in total. The first-order valence-corrected chi connectivity index (χ1v) is 10.1. The molecule has 6 heteroatoms. The van der Waals surface area contributed by atoms with Gasteiger partial charge in [-0.2, -0.15) is 0 Å². The van der Waals surface area contributed by atoms with Crippen LogP contribution in [0.15, 0.2) is 28.4 Å². The zero-order chi connectivity index (χ0) is 19.6. The van der Waals surface area contributed by atoms with Crippen LogP contribution in [0.5, 0.6) is 0 Å². The number of benzene rings is 1. The van der Waals surface area contributed by atoms with Gasteiger partial charge in [0.2, 0.25) is 0 Å². The highest BCUT2D eigenvalue weighted by atomic mass is 32.1. The number of rotatable bonds is 7. The van der Waals surface area contributed by atoms with Crippen molar-refractivity contribution in [2.45, 2.75) is 53.0 Å². The van der Waals surface area contributed by atoms with E-state index in [-0.39, 0.29) is 12.0 Å². The molecule has 0 saturated heterocycles. The molecule has 0 bridgehead atoms. The summed E-state index contributed by atoms with van der Waals surface area (Å²) in [5.41, 5.74) is 4.26. The van der Waals surface area contributed by atoms with Gasteiger partial charge in [0.25, 0.3) is 5.56 Å². The number of hydrogen-bond donors (Lipinski definition) is 1. The molecule has 0 saturated carbocycles. The second kappa shape index (κ2) is 8.05. The van der Waals surface area contributed by atoms with Gasteiger partial charge < -0.3 is 5.11 Å². The van der Waals surface area contributed by atoms with E-state index in [4.69, 9.17) is 10.1 Å². The fourth-order valence-electron chi connectivity index (χ4n) is 3.22. The predicted octanol–water partition coefficient (Wildman–Crippen LogP) is 4.56. The van der Waals surface area contributed by atoms with Gasteiger partial charge in [0, 0.05) is 30.3 Å². The highest BCUT2D eigenvalue weighted by molar-refractivity contribution is 7.17. The second-order valence-electron chi connectivity index (χ2n) is 6.86.